The van der Waals surface area contributed by atoms with Crippen molar-refractivity contribution in [3.63, 3.8) is 0 Å². The molecule has 6 rings (SSSR count). The van der Waals surface area contributed by atoms with Crippen LogP contribution in [0.5, 0.6) is 0 Å². The van der Waals surface area contributed by atoms with Crippen molar-refractivity contribution in [3.05, 3.63) is 53.0 Å². The molecule has 1 amide bonds. The summed E-state index contributed by atoms with van der Waals surface area (Å²) >= 11 is 0. The van der Waals surface area contributed by atoms with Crippen molar-refractivity contribution < 1.29 is 46.9 Å². The first-order valence-electron chi connectivity index (χ1n) is 16.3. The highest BCUT2D eigenvalue weighted by atomic mass is 19.4. The van der Waals surface area contributed by atoms with Crippen molar-refractivity contribution in [2.24, 2.45) is 11.5 Å². The van der Waals surface area contributed by atoms with Gasteiger partial charge in [0.05, 0.1) is 17.8 Å². The van der Waals surface area contributed by atoms with Gasteiger partial charge in [-0.15, -0.1) is 0 Å². The smallest absolute Gasteiger partial charge is 0.475 e. The standard InChI is InChI=1S/C32H39N7O5.C2HF3O2/c1-18(2)27-23-13-22(21-7-11-37(12-8-21)15-26(33)40)5-6-25(23)39(31(42)44-17-43-30(41)32(34)9-10-32)28(27)24-14-38-29(35-16-36-38)20(4)19(24)3;3-2(4,5)1(6)7/h5-6,13-14,16,18,21H,7-12,15,17,34H2,1-4H3,(H2,33,40);(H,6,7). The van der Waals surface area contributed by atoms with Gasteiger partial charge >= 0.3 is 24.2 Å². The van der Waals surface area contributed by atoms with Gasteiger partial charge in [-0.05, 0) is 98.8 Å². The van der Waals surface area contributed by atoms with Crippen molar-refractivity contribution in [1.29, 1.82) is 0 Å². The quantitative estimate of drug-likeness (QED) is 0.173. The molecule has 5 N–H and O–H groups in total. The minimum absolute atomic E-state index is 0.0464. The molecule has 2 fully saturated rings. The number of likely N-dealkylation sites (tertiary alicyclic amines) is 1. The molecular formula is C34H40F3N7O7. The third-order valence-corrected chi connectivity index (χ3v) is 9.42. The van der Waals surface area contributed by atoms with Gasteiger partial charge in [0.1, 0.15) is 11.9 Å². The van der Waals surface area contributed by atoms with E-state index in [-0.39, 0.29) is 18.4 Å². The van der Waals surface area contributed by atoms with Gasteiger partial charge in [0, 0.05) is 17.1 Å². The van der Waals surface area contributed by atoms with Gasteiger partial charge in [0.2, 0.25) is 12.7 Å². The molecule has 4 aromatic rings. The van der Waals surface area contributed by atoms with Crippen molar-refractivity contribution in [3.8, 4) is 11.3 Å². The van der Waals surface area contributed by atoms with E-state index in [0.717, 1.165) is 59.2 Å². The Morgan fingerprint density at radius 1 is 1.08 bits per heavy atom. The zero-order chi connectivity index (χ0) is 37.4. The van der Waals surface area contributed by atoms with Crippen LogP contribution in [0.15, 0.2) is 30.7 Å². The molecule has 0 atom stereocenters. The highest BCUT2D eigenvalue weighted by Crippen LogP contribution is 2.42. The number of nitrogens with zero attached hydrogens (tertiary/aromatic N) is 5. The number of hydrogen-bond acceptors (Lipinski definition) is 10. The van der Waals surface area contributed by atoms with Crippen LogP contribution in [0.1, 0.15) is 73.6 Å². The SMILES string of the molecule is Cc1c(-c2c(C(C)C)c3cc(C4CCN(CC(N)=O)CC4)ccc3n2C(=O)OCOC(=O)C2(N)CC2)cn2ncnc2c1C.O=C(O)C(F)(F)F. The first-order valence-corrected chi connectivity index (χ1v) is 16.3. The minimum Gasteiger partial charge on any atom is -0.475 e. The summed E-state index contributed by atoms with van der Waals surface area (Å²) in [5, 5.41) is 12.5. The molecule has 17 heteroatoms. The normalized spacial score (nSPS) is 16.2. The van der Waals surface area contributed by atoms with E-state index in [2.05, 4.69) is 41.0 Å². The molecule has 0 unspecified atom stereocenters. The summed E-state index contributed by atoms with van der Waals surface area (Å²) in [6.07, 6.45) is 0.587. The Labute approximate surface area is 290 Å². The van der Waals surface area contributed by atoms with Gasteiger partial charge in [-0.25, -0.2) is 28.5 Å². The van der Waals surface area contributed by atoms with E-state index < -0.39 is 36.5 Å². The van der Waals surface area contributed by atoms with Crippen LogP contribution in [-0.2, 0) is 23.9 Å². The maximum atomic E-state index is 13.9. The summed E-state index contributed by atoms with van der Waals surface area (Å²) in [5.74, 6) is -3.28. The molecule has 0 bridgehead atoms. The van der Waals surface area contributed by atoms with Crippen LogP contribution in [0.4, 0.5) is 18.0 Å². The van der Waals surface area contributed by atoms with Crippen molar-refractivity contribution in [2.75, 3.05) is 26.4 Å². The number of ether oxygens (including phenoxy) is 2. The lowest BCUT2D eigenvalue weighted by Gasteiger charge is -2.31. The number of carbonyl (C=O) groups is 4. The number of aryl methyl sites for hydroxylation is 1. The fourth-order valence-corrected chi connectivity index (χ4v) is 6.39. The minimum atomic E-state index is -5.08. The molecule has 1 aliphatic heterocycles. The number of aromatic nitrogens is 4. The van der Waals surface area contributed by atoms with E-state index in [1.807, 2.05) is 26.1 Å². The Morgan fingerprint density at radius 2 is 1.73 bits per heavy atom. The summed E-state index contributed by atoms with van der Waals surface area (Å²) in [6.45, 7) is 9.55. The molecule has 4 heterocycles. The molecule has 3 aromatic heterocycles. The summed E-state index contributed by atoms with van der Waals surface area (Å²) in [6, 6.07) is 6.23. The molecule has 1 saturated heterocycles. The molecule has 1 aromatic carbocycles. The van der Waals surface area contributed by atoms with E-state index in [1.54, 1.807) is 9.08 Å². The van der Waals surface area contributed by atoms with Crippen molar-refractivity contribution in [2.45, 2.75) is 76.9 Å². The average Bonchev–Trinajstić information content (AvgIpc) is 3.48. The predicted molar refractivity (Wildman–Crippen MR) is 178 cm³/mol. The molecule has 2 aliphatic rings. The number of halogens is 3. The number of alkyl halides is 3. The van der Waals surface area contributed by atoms with Crippen LogP contribution >= 0.6 is 0 Å². The number of esters is 1. The van der Waals surface area contributed by atoms with E-state index in [1.165, 1.54) is 11.9 Å². The summed E-state index contributed by atoms with van der Waals surface area (Å²) in [4.78, 5) is 53.0. The van der Waals surface area contributed by atoms with Crippen molar-refractivity contribution >= 4 is 40.5 Å². The van der Waals surface area contributed by atoms with E-state index in [0.29, 0.717) is 30.0 Å². The predicted octanol–water partition coefficient (Wildman–Crippen LogP) is 4.37. The Balaban J connectivity index is 0.000000654. The molecule has 0 radical (unpaired) electrons. The van der Waals surface area contributed by atoms with E-state index >= 15 is 0 Å². The lowest BCUT2D eigenvalue weighted by atomic mass is 9.87. The molecule has 1 saturated carbocycles. The number of nitrogens with two attached hydrogens (primary N) is 2. The number of amides is 1. The lowest BCUT2D eigenvalue weighted by Crippen LogP contribution is -2.39. The number of hydrogen-bond donors (Lipinski definition) is 3. The molecule has 51 heavy (non-hydrogen) atoms. The lowest BCUT2D eigenvalue weighted by molar-refractivity contribution is -0.192. The third kappa shape index (κ3) is 7.83. The summed E-state index contributed by atoms with van der Waals surface area (Å²) in [7, 11) is 0. The van der Waals surface area contributed by atoms with Gasteiger partial charge in [0.15, 0.2) is 5.65 Å². The Hall–Kier alpha value is -5.03. The number of primary amides is 1. The summed E-state index contributed by atoms with van der Waals surface area (Å²) in [5.41, 5.74) is 17.5. The highest BCUT2D eigenvalue weighted by Gasteiger charge is 2.47. The first kappa shape index (κ1) is 37.2. The van der Waals surface area contributed by atoms with Crippen LogP contribution in [0.2, 0.25) is 0 Å². The van der Waals surface area contributed by atoms with Gasteiger partial charge in [0.25, 0.3) is 0 Å². The van der Waals surface area contributed by atoms with Crippen LogP contribution in [-0.4, -0.2) is 91.3 Å². The number of piperidine rings is 1. The zero-order valence-electron chi connectivity index (χ0n) is 28.6. The van der Waals surface area contributed by atoms with Crippen LogP contribution in [0.25, 0.3) is 27.8 Å². The molecule has 1 aliphatic carbocycles. The van der Waals surface area contributed by atoms with Crippen LogP contribution in [0, 0.1) is 13.8 Å². The number of fused-ring (bicyclic) bond motifs is 2. The number of carboxylic acid groups (broad SMARTS) is 1. The number of carbonyl (C=O) groups excluding carboxylic acids is 3. The molecule has 14 nitrogen and oxygen atoms in total. The zero-order valence-corrected chi connectivity index (χ0v) is 28.6. The third-order valence-electron chi connectivity index (χ3n) is 9.42. The van der Waals surface area contributed by atoms with Gasteiger partial charge in [-0.2, -0.15) is 18.3 Å². The summed E-state index contributed by atoms with van der Waals surface area (Å²) < 4.78 is 45.8. The molecule has 274 valence electrons. The Kier molecular flexibility index (Phi) is 10.4. The first-order chi connectivity index (χ1) is 23.9. The number of pyridine rings is 1. The van der Waals surface area contributed by atoms with Gasteiger partial charge in [-0.1, -0.05) is 19.9 Å². The Morgan fingerprint density at radius 3 is 2.29 bits per heavy atom. The van der Waals surface area contributed by atoms with E-state index in [9.17, 15) is 27.6 Å². The fourth-order valence-electron chi connectivity index (χ4n) is 6.39. The molecule has 0 spiro atoms. The average molecular weight is 716 g/mol. The van der Waals surface area contributed by atoms with Gasteiger partial charge < -0.3 is 26.0 Å². The topological polar surface area (TPSA) is 197 Å². The second kappa shape index (κ2) is 14.3. The maximum absolute atomic E-state index is 13.9. The second-order valence-corrected chi connectivity index (χ2v) is 13.3. The second-order valence-electron chi connectivity index (χ2n) is 13.3. The number of aliphatic carboxylic acids is 1. The number of carboxylic acids is 1. The Bertz CT molecular complexity index is 1990. The number of benzene rings is 1. The highest BCUT2D eigenvalue weighted by molar-refractivity contribution is 6.01. The maximum Gasteiger partial charge on any atom is 0.490 e. The van der Waals surface area contributed by atoms with E-state index in [4.69, 9.17) is 30.8 Å². The largest absolute Gasteiger partial charge is 0.490 e. The fraction of sp³-hybridized carbons (Fsp3) is 0.471. The van der Waals surface area contributed by atoms with Gasteiger partial charge in [-0.3, -0.25) is 9.69 Å². The number of rotatable bonds is 8. The van der Waals surface area contributed by atoms with Crippen molar-refractivity contribution in [1.82, 2.24) is 24.1 Å². The van der Waals surface area contributed by atoms with Crippen LogP contribution in [0.3, 0.4) is 0 Å². The van der Waals surface area contributed by atoms with Crippen LogP contribution < -0.4 is 11.5 Å². The monoisotopic (exact) mass is 715 g/mol. The molecular weight excluding hydrogens is 675 g/mol.